The number of carbonyl (C=O) groups is 1. The molecule has 6 rings (SSSR count). The van der Waals surface area contributed by atoms with Gasteiger partial charge in [0.1, 0.15) is 10.3 Å². The molecule has 2 aliphatic rings. The van der Waals surface area contributed by atoms with Crippen LogP contribution < -0.4 is 5.32 Å². The number of amides is 1. The number of anilines is 1. The number of nitrogens with zero attached hydrogens (tertiary/aromatic N) is 5. The van der Waals surface area contributed by atoms with Gasteiger partial charge < -0.3 is 10.2 Å². The Balaban J connectivity index is 1.31. The zero-order valence-corrected chi connectivity index (χ0v) is 26.3. The minimum absolute atomic E-state index is 0.103. The Bertz CT molecular complexity index is 1790. The first-order chi connectivity index (χ1) is 21.5. The minimum Gasteiger partial charge on any atom is -0.304 e. The number of rotatable bonds is 8. The van der Waals surface area contributed by atoms with Gasteiger partial charge in [0, 0.05) is 44.1 Å². The molecule has 14 heteroatoms. The highest BCUT2D eigenvalue weighted by atomic mass is 32.2. The number of hydrogen-bond donors (Lipinski definition) is 1. The predicted octanol–water partition coefficient (Wildman–Crippen LogP) is 6.01. The topological polar surface area (TPSA) is 108 Å². The SMILES string of the molecule is CN1CCN(S(=O)(=O)c2ccc([C@@H](CC3CCCC3)C(=O)Nc3nc4ccc(-c5ccncc5)nc4s3)cc2C(F)(F)F)CC1. The van der Waals surface area contributed by atoms with Gasteiger partial charge in [-0.25, -0.2) is 18.4 Å². The lowest BCUT2D eigenvalue weighted by Crippen LogP contribution is -2.47. The van der Waals surface area contributed by atoms with Crippen molar-refractivity contribution in [2.45, 2.75) is 49.1 Å². The fraction of sp³-hybridized carbons (Fsp3) is 0.419. The van der Waals surface area contributed by atoms with E-state index in [0.29, 0.717) is 29.9 Å². The first-order valence-corrected chi connectivity index (χ1v) is 17.1. The Hall–Kier alpha value is -3.46. The van der Waals surface area contributed by atoms with Crippen molar-refractivity contribution in [3.63, 3.8) is 0 Å². The number of likely N-dealkylation sites (N-methyl/N-ethyl adjacent to an activating group) is 1. The molecule has 2 fully saturated rings. The van der Waals surface area contributed by atoms with Crippen molar-refractivity contribution in [1.82, 2.24) is 24.2 Å². The highest BCUT2D eigenvalue weighted by Crippen LogP contribution is 2.40. The molecule has 1 N–H and O–H groups in total. The summed E-state index contributed by atoms with van der Waals surface area (Å²) in [6.07, 6.45) is 2.51. The van der Waals surface area contributed by atoms with Crippen LogP contribution in [0.2, 0.25) is 0 Å². The number of piperazine rings is 1. The summed E-state index contributed by atoms with van der Waals surface area (Å²) in [5.41, 5.74) is 1.05. The molecule has 0 radical (unpaired) electrons. The maximum Gasteiger partial charge on any atom is 0.417 e. The number of pyridine rings is 2. The van der Waals surface area contributed by atoms with E-state index in [1.165, 1.54) is 17.4 Å². The van der Waals surface area contributed by atoms with Gasteiger partial charge in [0.25, 0.3) is 0 Å². The second kappa shape index (κ2) is 12.7. The summed E-state index contributed by atoms with van der Waals surface area (Å²) >= 11 is 1.18. The van der Waals surface area contributed by atoms with Crippen LogP contribution in [0.25, 0.3) is 21.6 Å². The van der Waals surface area contributed by atoms with Crippen LogP contribution in [0.3, 0.4) is 0 Å². The van der Waals surface area contributed by atoms with Crippen LogP contribution in [0.4, 0.5) is 18.3 Å². The zero-order valence-electron chi connectivity index (χ0n) is 24.6. The van der Waals surface area contributed by atoms with E-state index in [9.17, 15) is 26.4 Å². The lowest BCUT2D eigenvalue weighted by atomic mass is 9.86. The zero-order chi connectivity index (χ0) is 31.8. The quantitative estimate of drug-likeness (QED) is 0.247. The number of aromatic nitrogens is 3. The van der Waals surface area contributed by atoms with Gasteiger partial charge in [-0.2, -0.15) is 17.5 Å². The smallest absolute Gasteiger partial charge is 0.304 e. The number of nitrogens with one attached hydrogen (secondary N) is 1. The van der Waals surface area contributed by atoms with E-state index in [1.807, 2.05) is 30.1 Å². The van der Waals surface area contributed by atoms with Crippen molar-refractivity contribution >= 4 is 42.7 Å². The van der Waals surface area contributed by atoms with Crippen LogP contribution in [0.1, 0.15) is 49.1 Å². The molecule has 1 atom stereocenters. The molecule has 1 aliphatic carbocycles. The first-order valence-electron chi connectivity index (χ1n) is 14.9. The molecule has 1 saturated carbocycles. The average Bonchev–Trinajstić information content (AvgIpc) is 3.69. The molecular weight excluding hydrogens is 626 g/mol. The molecular formula is C31H33F3N6O3S2. The number of fused-ring (bicyclic) bond motifs is 1. The number of sulfonamides is 1. The predicted molar refractivity (Wildman–Crippen MR) is 166 cm³/mol. The number of benzene rings is 1. The molecule has 0 unspecified atom stereocenters. The highest BCUT2D eigenvalue weighted by Gasteiger charge is 2.41. The van der Waals surface area contributed by atoms with E-state index < -0.39 is 38.5 Å². The number of alkyl halides is 3. The van der Waals surface area contributed by atoms with Crippen LogP contribution in [0.5, 0.6) is 0 Å². The monoisotopic (exact) mass is 658 g/mol. The molecule has 1 aromatic carbocycles. The molecule has 4 aromatic rings. The van der Waals surface area contributed by atoms with Gasteiger partial charge in [-0.05, 0) is 61.3 Å². The number of hydrogen-bond acceptors (Lipinski definition) is 8. The summed E-state index contributed by atoms with van der Waals surface area (Å²) in [5, 5.41) is 3.12. The van der Waals surface area contributed by atoms with E-state index in [-0.39, 0.29) is 29.7 Å². The molecule has 45 heavy (non-hydrogen) atoms. The number of carbonyl (C=O) groups excluding carboxylic acids is 1. The summed E-state index contributed by atoms with van der Waals surface area (Å²) in [6.45, 7) is 1.06. The molecule has 4 heterocycles. The van der Waals surface area contributed by atoms with Crippen LogP contribution in [-0.2, 0) is 21.0 Å². The van der Waals surface area contributed by atoms with Crippen LogP contribution in [-0.4, -0.2) is 71.7 Å². The van der Waals surface area contributed by atoms with Gasteiger partial charge in [0.05, 0.1) is 22.1 Å². The minimum atomic E-state index is -4.94. The summed E-state index contributed by atoms with van der Waals surface area (Å²) in [5.74, 6) is -1.25. The van der Waals surface area contributed by atoms with E-state index in [4.69, 9.17) is 0 Å². The maximum absolute atomic E-state index is 14.5. The van der Waals surface area contributed by atoms with Crippen molar-refractivity contribution in [2.75, 3.05) is 38.5 Å². The maximum atomic E-state index is 14.5. The Morgan fingerprint density at radius 3 is 2.42 bits per heavy atom. The van der Waals surface area contributed by atoms with Crippen molar-refractivity contribution in [3.05, 3.63) is 66.0 Å². The normalized spacial score (nSPS) is 18.0. The largest absolute Gasteiger partial charge is 0.417 e. The van der Waals surface area contributed by atoms with E-state index >= 15 is 0 Å². The van der Waals surface area contributed by atoms with Crippen LogP contribution in [0.15, 0.2) is 59.8 Å². The van der Waals surface area contributed by atoms with Gasteiger partial charge in [0.15, 0.2) is 5.13 Å². The highest BCUT2D eigenvalue weighted by molar-refractivity contribution is 7.89. The molecule has 1 saturated heterocycles. The fourth-order valence-electron chi connectivity index (χ4n) is 6.10. The molecule has 9 nitrogen and oxygen atoms in total. The van der Waals surface area contributed by atoms with Gasteiger partial charge in [-0.1, -0.05) is 43.1 Å². The van der Waals surface area contributed by atoms with Crippen LogP contribution in [0, 0.1) is 5.92 Å². The molecule has 3 aromatic heterocycles. The summed E-state index contributed by atoms with van der Waals surface area (Å²) in [7, 11) is -2.57. The van der Waals surface area contributed by atoms with Crippen LogP contribution >= 0.6 is 11.3 Å². The van der Waals surface area contributed by atoms with Gasteiger partial charge >= 0.3 is 6.18 Å². The van der Waals surface area contributed by atoms with Crippen molar-refractivity contribution < 1.29 is 26.4 Å². The summed E-state index contributed by atoms with van der Waals surface area (Å²) in [6, 6.07) is 10.5. The fourth-order valence-corrected chi connectivity index (χ4v) is 8.55. The average molecular weight is 659 g/mol. The molecule has 0 spiro atoms. The Kier molecular flexibility index (Phi) is 8.92. The van der Waals surface area contributed by atoms with E-state index in [1.54, 1.807) is 18.5 Å². The van der Waals surface area contributed by atoms with E-state index in [0.717, 1.165) is 53.4 Å². The Morgan fingerprint density at radius 1 is 1.02 bits per heavy atom. The third kappa shape index (κ3) is 6.88. The number of halogens is 3. The third-order valence-electron chi connectivity index (χ3n) is 8.61. The second-order valence-electron chi connectivity index (χ2n) is 11.7. The van der Waals surface area contributed by atoms with Gasteiger partial charge in [0.2, 0.25) is 15.9 Å². The summed E-state index contributed by atoms with van der Waals surface area (Å²) < 4.78 is 71.3. The first kappa shape index (κ1) is 31.5. The molecule has 1 amide bonds. The third-order valence-corrected chi connectivity index (χ3v) is 11.5. The lowest BCUT2D eigenvalue weighted by Gasteiger charge is -2.32. The van der Waals surface area contributed by atoms with Crippen molar-refractivity contribution in [2.24, 2.45) is 5.92 Å². The molecule has 1 aliphatic heterocycles. The molecule has 238 valence electrons. The lowest BCUT2D eigenvalue weighted by molar-refractivity contribution is -0.140. The molecule has 0 bridgehead atoms. The summed E-state index contributed by atoms with van der Waals surface area (Å²) in [4.78, 5) is 28.7. The van der Waals surface area contributed by atoms with E-state index in [2.05, 4.69) is 20.3 Å². The van der Waals surface area contributed by atoms with Gasteiger partial charge in [-0.15, -0.1) is 0 Å². The standard InChI is InChI=1S/C31H33F3N6O3S2/c1-39-14-16-40(17-15-39)45(42,43)27-9-6-22(19-24(27)31(32,33)34)23(18-20-4-2-3-5-20)28(41)38-30-37-26-8-7-25(36-29(26)44-30)21-10-12-35-13-11-21/h6-13,19-20,23H,2-5,14-18H2,1H3,(H,37,38,41)/t23-/m1/s1. The Morgan fingerprint density at radius 2 is 1.73 bits per heavy atom. The van der Waals surface area contributed by atoms with Crippen molar-refractivity contribution in [3.8, 4) is 11.3 Å². The second-order valence-corrected chi connectivity index (χ2v) is 14.5. The van der Waals surface area contributed by atoms with Crippen molar-refractivity contribution in [1.29, 1.82) is 0 Å². The number of thiazole rings is 1. The van der Waals surface area contributed by atoms with Gasteiger partial charge in [-0.3, -0.25) is 9.78 Å². The Labute approximate surface area is 263 Å².